The Balaban J connectivity index is 2.29. The Labute approximate surface area is 90.0 Å². The van der Waals surface area contributed by atoms with E-state index in [9.17, 15) is 0 Å². The van der Waals surface area contributed by atoms with Crippen molar-refractivity contribution in [2.24, 2.45) is 4.99 Å². The SMILES string of the molecule is C#Cc1ccc(C2=NC(C)(C)CO2)cc1. The van der Waals surface area contributed by atoms with E-state index in [1.165, 1.54) is 0 Å². The summed E-state index contributed by atoms with van der Waals surface area (Å²) in [5.41, 5.74) is 1.75. The molecule has 1 aliphatic heterocycles. The fourth-order valence-electron chi connectivity index (χ4n) is 1.44. The maximum absolute atomic E-state index is 5.53. The fourth-order valence-corrected chi connectivity index (χ4v) is 1.44. The van der Waals surface area contributed by atoms with Gasteiger partial charge in [-0.05, 0) is 38.1 Å². The highest BCUT2D eigenvalue weighted by Gasteiger charge is 2.26. The first-order valence-corrected chi connectivity index (χ1v) is 4.90. The van der Waals surface area contributed by atoms with Gasteiger partial charge in [0.15, 0.2) is 0 Å². The van der Waals surface area contributed by atoms with Crippen molar-refractivity contribution in [1.29, 1.82) is 0 Å². The molecule has 0 spiro atoms. The molecule has 0 bridgehead atoms. The van der Waals surface area contributed by atoms with Gasteiger partial charge in [-0.25, -0.2) is 4.99 Å². The molecule has 0 amide bonds. The van der Waals surface area contributed by atoms with Crippen LogP contribution >= 0.6 is 0 Å². The van der Waals surface area contributed by atoms with Crippen LogP contribution in [0, 0.1) is 12.3 Å². The Morgan fingerprint density at radius 2 is 2.00 bits per heavy atom. The molecule has 1 aromatic carbocycles. The van der Waals surface area contributed by atoms with Gasteiger partial charge in [0, 0.05) is 11.1 Å². The van der Waals surface area contributed by atoms with E-state index in [1.807, 2.05) is 24.3 Å². The highest BCUT2D eigenvalue weighted by molar-refractivity contribution is 5.95. The number of rotatable bonds is 1. The second-order valence-corrected chi connectivity index (χ2v) is 4.24. The normalized spacial score (nSPS) is 17.8. The number of benzene rings is 1. The zero-order valence-electron chi connectivity index (χ0n) is 8.95. The van der Waals surface area contributed by atoms with E-state index < -0.39 is 0 Å². The standard InChI is InChI=1S/C13H13NO/c1-4-10-5-7-11(8-6-10)12-14-13(2,3)9-15-12/h1,5-8H,9H2,2-3H3. The molecular formula is C13H13NO. The first-order valence-electron chi connectivity index (χ1n) is 4.90. The quantitative estimate of drug-likeness (QED) is 0.635. The van der Waals surface area contributed by atoms with Gasteiger partial charge in [-0.3, -0.25) is 0 Å². The van der Waals surface area contributed by atoms with E-state index in [2.05, 4.69) is 24.8 Å². The van der Waals surface area contributed by atoms with Crippen LogP contribution in [0.4, 0.5) is 0 Å². The van der Waals surface area contributed by atoms with Gasteiger partial charge in [0.05, 0.1) is 5.54 Å². The van der Waals surface area contributed by atoms with Crippen LogP contribution < -0.4 is 0 Å². The lowest BCUT2D eigenvalue weighted by Crippen LogP contribution is -2.17. The van der Waals surface area contributed by atoms with E-state index in [0.29, 0.717) is 12.5 Å². The van der Waals surface area contributed by atoms with Crippen molar-refractivity contribution in [2.75, 3.05) is 6.61 Å². The molecule has 2 heteroatoms. The predicted octanol–water partition coefficient (Wildman–Crippen LogP) is 2.22. The molecule has 2 rings (SSSR count). The summed E-state index contributed by atoms with van der Waals surface area (Å²) < 4.78 is 5.53. The molecule has 0 aliphatic carbocycles. The van der Waals surface area contributed by atoms with E-state index in [0.717, 1.165) is 11.1 Å². The van der Waals surface area contributed by atoms with Gasteiger partial charge in [0.2, 0.25) is 5.90 Å². The molecule has 0 unspecified atom stereocenters. The van der Waals surface area contributed by atoms with Crippen molar-refractivity contribution in [3.05, 3.63) is 35.4 Å². The molecule has 15 heavy (non-hydrogen) atoms. The molecule has 0 aromatic heterocycles. The maximum atomic E-state index is 5.53. The number of hydrogen-bond acceptors (Lipinski definition) is 2. The third-order valence-electron chi connectivity index (χ3n) is 2.26. The summed E-state index contributed by atoms with van der Waals surface area (Å²) in [4.78, 5) is 4.49. The molecule has 2 nitrogen and oxygen atoms in total. The van der Waals surface area contributed by atoms with Gasteiger partial charge < -0.3 is 4.74 Å². The van der Waals surface area contributed by atoms with Crippen LogP contribution in [0.5, 0.6) is 0 Å². The Bertz CT molecular complexity index is 435. The summed E-state index contributed by atoms with van der Waals surface area (Å²) in [5.74, 6) is 3.29. The molecule has 1 aromatic rings. The summed E-state index contributed by atoms with van der Waals surface area (Å²) >= 11 is 0. The van der Waals surface area contributed by atoms with Gasteiger partial charge in [-0.15, -0.1) is 6.42 Å². The lowest BCUT2D eigenvalue weighted by Gasteiger charge is -2.07. The van der Waals surface area contributed by atoms with Crippen LogP contribution in [0.1, 0.15) is 25.0 Å². The van der Waals surface area contributed by atoms with E-state index >= 15 is 0 Å². The monoisotopic (exact) mass is 199 g/mol. The third-order valence-corrected chi connectivity index (χ3v) is 2.26. The molecule has 1 aliphatic rings. The molecule has 0 saturated carbocycles. The molecule has 0 saturated heterocycles. The van der Waals surface area contributed by atoms with Crippen LogP contribution in [0.25, 0.3) is 0 Å². The van der Waals surface area contributed by atoms with E-state index in [4.69, 9.17) is 11.2 Å². The van der Waals surface area contributed by atoms with Crippen molar-refractivity contribution in [3.8, 4) is 12.3 Å². The van der Waals surface area contributed by atoms with E-state index in [-0.39, 0.29) is 5.54 Å². The van der Waals surface area contributed by atoms with Gasteiger partial charge in [-0.1, -0.05) is 5.92 Å². The van der Waals surface area contributed by atoms with Gasteiger partial charge in [-0.2, -0.15) is 0 Å². The summed E-state index contributed by atoms with van der Waals surface area (Å²) in [5, 5.41) is 0. The Hall–Kier alpha value is -1.75. The van der Waals surface area contributed by atoms with Crippen molar-refractivity contribution >= 4 is 5.90 Å². The highest BCUT2D eigenvalue weighted by Crippen LogP contribution is 2.20. The van der Waals surface area contributed by atoms with Crippen molar-refractivity contribution in [3.63, 3.8) is 0 Å². The summed E-state index contributed by atoms with van der Waals surface area (Å²) in [6.07, 6.45) is 5.28. The zero-order chi connectivity index (χ0) is 10.9. The molecule has 0 atom stereocenters. The summed E-state index contributed by atoms with van der Waals surface area (Å²) in [6, 6.07) is 7.67. The first-order chi connectivity index (χ1) is 7.11. The largest absolute Gasteiger partial charge is 0.475 e. The summed E-state index contributed by atoms with van der Waals surface area (Å²) in [6.45, 7) is 4.74. The topological polar surface area (TPSA) is 21.6 Å². The Morgan fingerprint density at radius 1 is 1.33 bits per heavy atom. The van der Waals surface area contributed by atoms with Gasteiger partial charge in [0.1, 0.15) is 6.61 Å². The van der Waals surface area contributed by atoms with Crippen LogP contribution in [0.3, 0.4) is 0 Å². The molecule has 76 valence electrons. The minimum absolute atomic E-state index is 0.111. The van der Waals surface area contributed by atoms with E-state index in [1.54, 1.807) is 0 Å². The zero-order valence-corrected chi connectivity index (χ0v) is 8.95. The highest BCUT2D eigenvalue weighted by atomic mass is 16.5. The average Bonchev–Trinajstić information content (AvgIpc) is 2.59. The number of nitrogens with zero attached hydrogens (tertiary/aromatic N) is 1. The first kappa shape index (κ1) is 9.79. The second kappa shape index (κ2) is 3.43. The molecule has 0 radical (unpaired) electrons. The smallest absolute Gasteiger partial charge is 0.216 e. The number of ether oxygens (including phenoxy) is 1. The number of aliphatic imine (C=N–C) groups is 1. The van der Waals surface area contributed by atoms with Crippen LogP contribution in [0.2, 0.25) is 0 Å². The number of hydrogen-bond donors (Lipinski definition) is 0. The lowest BCUT2D eigenvalue weighted by atomic mass is 10.1. The predicted molar refractivity (Wildman–Crippen MR) is 60.9 cm³/mol. The van der Waals surface area contributed by atoms with Crippen molar-refractivity contribution in [1.82, 2.24) is 0 Å². The lowest BCUT2D eigenvalue weighted by molar-refractivity contribution is 0.279. The average molecular weight is 199 g/mol. The third kappa shape index (κ3) is 2.02. The number of terminal acetylenes is 1. The summed E-state index contributed by atoms with van der Waals surface area (Å²) in [7, 11) is 0. The van der Waals surface area contributed by atoms with Gasteiger partial charge in [0.25, 0.3) is 0 Å². The fraction of sp³-hybridized carbons (Fsp3) is 0.308. The maximum Gasteiger partial charge on any atom is 0.216 e. The Kier molecular flexibility index (Phi) is 2.24. The van der Waals surface area contributed by atoms with Crippen molar-refractivity contribution < 1.29 is 4.74 Å². The minimum atomic E-state index is -0.111. The second-order valence-electron chi connectivity index (χ2n) is 4.24. The van der Waals surface area contributed by atoms with Crippen LogP contribution in [-0.2, 0) is 4.74 Å². The Morgan fingerprint density at radius 3 is 2.47 bits per heavy atom. The van der Waals surface area contributed by atoms with Crippen molar-refractivity contribution in [2.45, 2.75) is 19.4 Å². The van der Waals surface area contributed by atoms with Gasteiger partial charge >= 0.3 is 0 Å². The molecule has 0 fully saturated rings. The molecular weight excluding hydrogens is 186 g/mol. The van der Waals surface area contributed by atoms with Crippen LogP contribution in [0.15, 0.2) is 29.3 Å². The minimum Gasteiger partial charge on any atom is -0.475 e. The molecule has 0 N–H and O–H groups in total. The van der Waals surface area contributed by atoms with Crippen LogP contribution in [-0.4, -0.2) is 18.0 Å². The molecule has 1 heterocycles.